The van der Waals surface area contributed by atoms with Gasteiger partial charge in [0.05, 0.1) is 13.2 Å². The van der Waals surface area contributed by atoms with Crippen LogP contribution in [0, 0.1) is 0 Å². The summed E-state index contributed by atoms with van der Waals surface area (Å²) < 4.78 is 11.8. The van der Waals surface area contributed by atoms with E-state index in [1.165, 1.54) is 0 Å². The van der Waals surface area contributed by atoms with Crippen LogP contribution in [-0.4, -0.2) is 40.7 Å². The topological polar surface area (TPSA) is 96.4 Å². The van der Waals surface area contributed by atoms with E-state index < -0.39 is 11.9 Å². The molecule has 0 bridgehead atoms. The van der Waals surface area contributed by atoms with Gasteiger partial charge < -0.3 is 19.8 Å². The molecule has 2 N–H and O–H groups in total. The molecule has 0 aliphatic carbocycles. The number of aromatic nitrogens is 2. The van der Waals surface area contributed by atoms with Crippen LogP contribution in [0.25, 0.3) is 11.0 Å². The van der Waals surface area contributed by atoms with Crippen molar-refractivity contribution in [1.29, 1.82) is 0 Å². The molecule has 2 heterocycles. The van der Waals surface area contributed by atoms with E-state index in [4.69, 9.17) is 15.2 Å². The molecule has 0 aliphatic heterocycles. The molecule has 24 heavy (non-hydrogen) atoms. The number of rotatable bonds is 6. The molecule has 0 aliphatic rings. The lowest BCUT2D eigenvalue weighted by molar-refractivity contribution is 0.0507. The van der Waals surface area contributed by atoms with Crippen molar-refractivity contribution < 1.29 is 19.1 Å². The van der Waals surface area contributed by atoms with Crippen LogP contribution < -0.4 is 5.73 Å². The van der Waals surface area contributed by atoms with E-state index in [0.717, 1.165) is 5.39 Å². The Labute approximate surface area is 140 Å². The van der Waals surface area contributed by atoms with Gasteiger partial charge in [-0.1, -0.05) is 0 Å². The molecule has 0 fully saturated rings. The third-order valence-corrected chi connectivity index (χ3v) is 3.82. The number of hydrogen-bond acceptors (Lipinski definition) is 6. The lowest BCUT2D eigenvalue weighted by Crippen LogP contribution is -2.29. The molecule has 2 aromatic rings. The van der Waals surface area contributed by atoms with Gasteiger partial charge >= 0.3 is 11.9 Å². The molecule has 0 unspecified atom stereocenters. The van der Waals surface area contributed by atoms with Gasteiger partial charge in [-0.15, -0.1) is 0 Å². The Balaban J connectivity index is 2.63. The molecule has 2 aromatic heterocycles. The minimum atomic E-state index is -0.502. The SMILES string of the molecule is CCOC(=O)c1ccc2cc(C(=O)OCC)n([C@H](C)[C@H](C)N)c2n1. The molecule has 0 aromatic carbocycles. The predicted molar refractivity (Wildman–Crippen MR) is 90.0 cm³/mol. The lowest BCUT2D eigenvalue weighted by atomic mass is 10.2. The fraction of sp³-hybridized carbons (Fsp3) is 0.471. The first-order valence-corrected chi connectivity index (χ1v) is 8.02. The predicted octanol–water partition coefficient (Wildman–Crippen LogP) is 2.30. The minimum absolute atomic E-state index is 0.191. The van der Waals surface area contributed by atoms with Crippen LogP contribution in [-0.2, 0) is 9.47 Å². The van der Waals surface area contributed by atoms with Crippen LogP contribution in [0.5, 0.6) is 0 Å². The molecule has 130 valence electrons. The number of pyridine rings is 1. The number of hydrogen-bond donors (Lipinski definition) is 1. The molecule has 2 atom stereocenters. The van der Waals surface area contributed by atoms with Crippen molar-refractivity contribution in [2.24, 2.45) is 5.73 Å². The maximum Gasteiger partial charge on any atom is 0.356 e. The molecule has 0 saturated carbocycles. The highest BCUT2D eigenvalue weighted by Gasteiger charge is 2.24. The second-order valence-corrected chi connectivity index (χ2v) is 5.55. The Kier molecular flexibility index (Phi) is 5.56. The summed E-state index contributed by atoms with van der Waals surface area (Å²) in [6, 6.07) is 4.60. The average molecular weight is 333 g/mol. The standard InChI is InChI=1S/C17H23N3O4/c1-5-23-16(21)13-8-7-12-9-14(17(22)24-6-2)20(15(12)19-13)11(4)10(3)18/h7-11H,5-6,18H2,1-4H3/t10-,11+/m0/s1. The minimum Gasteiger partial charge on any atom is -0.461 e. The van der Waals surface area contributed by atoms with Crippen LogP contribution in [0.15, 0.2) is 18.2 Å². The van der Waals surface area contributed by atoms with Crippen molar-refractivity contribution in [2.45, 2.75) is 39.8 Å². The van der Waals surface area contributed by atoms with Crippen molar-refractivity contribution in [2.75, 3.05) is 13.2 Å². The summed E-state index contributed by atoms with van der Waals surface area (Å²) >= 11 is 0. The molecular weight excluding hydrogens is 310 g/mol. The Hall–Kier alpha value is -2.41. The van der Waals surface area contributed by atoms with Crippen molar-refractivity contribution in [3.8, 4) is 0 Å². The van der Waals surface area contributed by atoms with Gasteiger partial charge in [-0.3, -0.25) is 0 Å². The molecule has 0 radical (unpaired) electrons. The molecular formula is C17H23N3O4. The first-order valence-electron chi connectivity index (χ1n) is 8.02. The van der Waals surface area contributed by atoms with Crippen molar-refractivity contribution in [3.63, 3.8) is 0 Å². The second kappa shape index (κ2) is 7.44. The number of nitrogens with zero attached hydrogens (tertiary/aromatic N) is 2. The van der Waals surface area contributed by atoms with Crippen LogP contribution in [0.3, 0.4) is 0 Å². The largest absolute Gasteiger partial charge is 0.461 e. The Morgan fingerprint density at radius 2 is 1.79 bits per heavy atom. The number of ether oxygens (including phenoxy) is 2. The molecule has 0 amide bonds. The van der Waals surface area contributed by atoms with Crippen molar-refractivity contribution in [1.82, 2.24) is 9.55 Å². The van der Waals surface area contributed by atoms with Crippen molar-refractivity contribution >= 4 is 23.0 Å². The summed E-state index contributed by atoms with van der Waals surface area (Å²) in [6.45, 7) is 7.76. The van der Waals surface area contributed by atoms with Gasteiger partial charge in [-0.05, 0) is 45.9 Å². The van der Waals surface area contributed by atoms with Crippen molar-refractivity contribution in [3.05, 3.63) is 29.6 Å². The Morgan fingerprint density at radius 1 is 1.17 bits per heavy atom. The Morgan fingerprint density at radius 3 is 2.38 bits per heavy atom. The monoisotopic (exact) mass is 333 g/mol. The summed E-state index contributed by atoms with van der Waals surface area (Å²) in [5.74, 6) is -0.945. The van der Waals surface area contributed by atoms with Crippen LogP contribution in [0.2, 0.25) is 0 Å². The maximum atomic E-state index is 12.3. The summed E-state index contributed by atoms with van der Waals surface area (Å²) in [4.78, 5) is 28.6. The quantitative estimate of drug-likeness (QED) is 0.815. The zero-order chi connectivity index (χ0) is 17.9. The van der Waals surface area contributed by atoms with Gasteiger partial charge in [0, 0.05) is 17.5 Å². The number of fused-ring (bicyclic) bond motifs is 1. The number of carbonyl (C=O) groups is 2. The summed E-state index contributed by atoms with van der Waals surface area (Å²) in [6.07, 6.45) is 0. The first-order chi connectivity index (χ1) is 11.4. The van der Waals surface area contributed by atoms with E-state index in [2.05, 4.69) is 4.98 Å². The molecule has 0 spiro atoms. The zero-order valence-electron chi connectivity index (χ0n) is 14.4. The van der Waals surface area contributed by atoms with Crippen LogP contribution in [0.1, 0.15) is 54.7 Å². The van der Waals surface area contributed by atoms with Crippen LogP contribution in [0.4, 0.5) is 0 Å². The van der Waals surface area contributed by atoms with Gasteiger partial charge in [0.2, 0.25) is 0 Å². The highest BCUT2D eigenvalue weighted by atomic mass is 16.5. The molecule has 2 rings (SSSR count). The summed E-state index contributed by atoms with van der Waals surface area (Å²) in [5.41, 5.74) is 7.08. The highest BCUT2D eigenvalue weighted by Crippen LogP contribution is 2.25. The normalized spacial score (nSPS) is 13.5. The maximum absolute atomic E-state index is 12.3. The van der Waals surface area contributed by atoms with Gasteiger partial charge in [0.25, 0.3) is 0 Å². The number of carbonyl (C=O) groups excluding carboxylic acids is 2. The number of nitrogens with two attached hydrogens (primary N) is 1. The smallest absolute Gasteiger partial charge is 0.356 e. The molecule has 0 saturated heterocycles. The first kappa shape index (κ1) is 17.9. The van der Waals surface area contributed by atoms with E-state index in [1.807, 2.05) is 13.8 Å². The third-order valence-electron chi connectivity index (χ3n) is 3.82. The van der Waals surface area contributed by atoms with E-state index in [9.17, 15) is 9.59 Å². The fourth-order valence-electron chi connectivity index (χ4n) is 2.42. The lowest BCUT2D eigenvalue weighted by Gasteiger charge is -2.21. The van der Waals surface area contributed by atoms with Gasteiger partial charge in [0.1, 0.15) is 11.3 Å². The average Bonchev–Trinajstić information content (AvgIpc) is 2.92. The fourth-order valence-corrected chi connectivity index (χ4v) is 2.42. The summed E-state index contributed by atoms with van der Waals surface area (Å²) in [5, 5.41) is 0.735. The van der Waals surface area contributed by atoms with E-state index in [-0.39, 0.29) is 31.0 Å². The molecule has 7 heteroatoms. The van der Waals surface area contributed by atoms with Crippen LogP contribution >= 0.6 is 0 Å². The van der Waals surface area contributed by atoms with E-state index >= 15 is 0 Å². The zero-order valence-corrected chi connectivity index (χ0v) is 14.4. The summed E-state index contributed by atoms with van der Waals surface area (Å²) in [7, 11) is 0. The molecule has 7 nitrogen and oxygen atoms in total. The van der Waals surface area contributed by atoms with Gasteiger partial charge in [-0.2, -0.15) is 0 Å². The second-order valence-electron chi connectivity index (χ2n) is 5.55. The Bertz CT molecular complexity index is 752. The highest BCUT2D eigenvalue weighted by molar-refractivity contribution is 5.96. The van der Waals surface area contributed by atoms with Gasteiger partial charge in [0.15, 0.2) is 5.69 Å². The van der Waals surface area contributed by atoms with E-state index in [1.54, 1.807) is 36.6 Å². The number of esters is 2. The van der Waals surface area contributed by atoms with Gasteiger partial charge in [-0.25, -0.2) is 14.6 Å². The van der Waals surface area contributed by atoms with E-state index in [0.29, 0.717) is 11.3 Å². The third kappa shape index (κ3) is 3.41.